The average molecular weight is 235 g/mol. The zero-order valence-electron chi connectivity index (χ0n) is 9.30. The van der Waals surface area contributed by atoms with Gasteiger partial charge in [0.15, 0.2) is 6.04 Å². The molecule has 17 heavy (non-hydrogen) atoms. The second-order valence-corrected chi connectivity index (χ2v) is 3.50. The van der Waals surface area contributed by atoms with Crippen LogP contribution < -0.4 is 11.1 Å². The number of allylic oxidation sites excluding steroid dienone is 6. The summed E-state index contributed by atoms with van der Waals surface area (Å²) in [4.78, 5) is 22.2. The summed E-state index contributed by atoms with van der Waals surface area (Å²) in [5.74, 6) is -1.34. The van der Waals surface area contributed by atoms with Crippen molar-refractivity contribution in [2.75, 3.05) is 6.54 Å². The molecule has 0 fully saturated rings. The van der Waals surface area contributed by atoms with E-state index in [1.165, 1.54) is 0 Å². The molecule has 0 aromatic carbocycles. The van der Waals surface area contributed by atoms with Crippen LogP contribution in [0.1, 0.15) is 0 Å². The van der Waals surface area contributed by atoms with Gasteiger partial charge in [-0.2, -0.15) is 0 Å². The Morgan fingerprint density at radius 2 is 1.88 bits per heavy atom. The van der Waals surface area contributed by atoms with E-state index in [4.69, 9.17) is 5.11 Å². The van der Waals surface area contributed by atoms with Crippen LogP contribution in [-0.4, -0.2) is 29.6 Å². The Hall–Kier alpha value is -2.14. The zero-order chi connectivity index (χ0) is 12.7. The maximum atomic E-state index is 11.7. The van der Waals surface area contributed by atoms with E-state index in [2.05, 4.69) is 11.1 Å². The first kappa shape index (κ1) is 12.9. The van der Waals surface area contributed by atoms with E-state index in [0.717, 1.165) is 0 Å². The van der Waals surface area contributed by atoms with Gasteiger partial charge in [0.25, 0.3) is 5.91 Å². The van der Waals surface area contributed by atoms with Crippen LogP contribution in [0.4, 0.5) is 0 Å². The Labute approximate surface area is 99.0 Å². The van der Waals surface area contributed by atoms with Crippen molar-refractivity contribution in [3.63, 3.8) is 0 Å². The van der Waals surface area contributed by atoms with Gasteiger partial charge in [0, 0.05) is 5.57 Å². The average Bonchev–Trinajstić information content (AvgIpc) is 2.24. The molecule has 0 aliphatic heterocycles. The van der Waals surface area contributed by atoms with Crippen LogP contribution in [-0.2, 0) is 9.59 Å². The molecule has 90 valence electrons. The van der Waals surface area contributed by atoms with Crippen molar-refractivity contribution in [3.8, 4) is 0 Å². The molecule has 1 amide bonds. The van der Waals surface area contributed by atoms with Gasteiger partial charge in [-0.1, -0.05) is 30.4 Å². The van der Waals surface area contributed by atoms with Gasteiger partial charge in [-0.05, 0) is 12.2 Å². The highest BCUT2D eigenvalue weighted by molar-refractivity contribution is 5.96. The smallest absolute Gasteiger partial charge is 0.364 e. The van der Waals surface area contributed by atoms with Crippen LogP contribution in [0.2, 0.25) is 0 Å². The molecular weight excluding hydrogens is 220 g/mol. The molecule has 1 aliphatic carbocycles. The Morgan fingerprint density at radius 1 is 1.24 bits per heavy atom. The number of aliphatic carboxylic acids is 1. The minimum absolute atomic E-state index is 0.0128. The first-order valence-electron chi connectivity index (χ1n) is 5.17. The number of hydrogen-bond donors (Lipinski definition) is 3. The molecule has 1 atom stereocenters. The molecule has 0 aromatic heterocycles. The van der Waals surface area contributed by atoms with Crippen LogP contribution in [0.3, 0.4) is 0 Å². The van der Waals surface area contributed by atoms with Gasteiger partial charge in [0.1, 0.15) is 0 Å². The molecule has 0 saturated carbocycles. The number of carboxylic acids is 1. The number of carboxylic acid groups (broad SMARTS) is 1. The number of quaternary nitrogens is 1. The lowest BCUT2D eigenvalue weighted by atomic mass is 10.1. The molecule has 0 unspecified atom stereocenters. The predicted molar refractivity (Wildman–Crippen MR) is 62.8 cm³/mol. The van der Waals surface area contributed by atoms with Crippen molar-refractivity contribution in [1.29, 1.82) is 0 Å². The van der Waals surface area contributed by atoms with Crippen molar-refractivity contribution < 1.29 is 20.4 Å². The highest BCUT2D eigenvalue weighted by Gasteiger charge is 2.16. The molecule has 0 spiro atoms. The van der Waals surface area contributed by atoms with Crippen LogP contribution in [0.15, 0.2) is 48.1 Å². The molecule has 0 bridgehead atoms. The number of hydrogen-bond acceptors (Lipinski definition) is 2. The normalized spacial score (nSPS) is 24.4. The minimum Gasteiger partial charge on any atom is -0.477 e. The summed E-state index contributed by atoms with van der Waals surface area (Å²) in [6.07, 6.45) is 12.3. The van der Waals surface area contributed by atoms with Gasteiger partial charge in [0.2, 0.25) is 0 Å². The van der Waals surface area contributed by atoms with Crippen molar-refractivity contribution in [1.82, 2.24) is 5.32 Å². The molecule has 0 saturated heterocycles. The van der Waals surface area contributed by atoms with E-state index < -0.39 is 12.0 Å². The van der Waals surface area contributed by atoms with E-state index in [1.54, 1.807) is 36.5 Å². The lowest BCUT2D eigenvalue weighted by molar-refractivity contribution is -0.405. The summed E-state index contributed by atoms with van der Waals surface area (Å²) in [5, 5.41) is 11.1. The summed E-state index contributed by atoms with van der Waals surface area (Å²) >= 11 is 0. The van der Waals surface area contributed by atoms with Crippen molar-refractivity contribution in [2.45, 2.75) is 6.04 Å². The molecular formula is C12H15N2O3+. The molecule has 1 rings (SSSR count). The summed E-state index contributed by atoms with van der Waals surface area (Å²) < 4.78 is 0. The largest absolute Gasteiger partial charge is 0.477 e. The first-order chi connectivity index (χ1) is 8.11. The molecule has 5 N–H and O–H groups in total. The summed E-state index contributed by atoms with van der Waals surface area (Å²) in [6, 6.07) is -0.840. The van der Waals surface area contributed by atoms with E-state index >= 15 is 0 Å². The van der Waals surface area contributed by atoms with Gasteiger partial charge in [-0.15, -0.1) is 0 Å². The predicted octanol–water partition coefficient (Wildman–Crippen LogP) is -0.594. The number of amides is 1. The maximum Gasteiger partial charge on any atom is 0.364 e. The molecule has 0 radical (unpaired) electrons. The van der Waals surface area contributed by atoms with Crippen LogP contribution in [0.25, 0.3) is 0 Å². The van der Waals surface area contributed by atoms with Crippen molar-refractivity contribution >= 4 is 11.9 Å². The molecule has 5 heteroatoms. The Morgan fingerprint density at radius 3 is 2.59 bits per heavy atom. The van der Waals surface area contributed by atoms with E-state index in [9.17, 15) is 9.59 Å². The maximum absolute atomic E-state index is 11.7. The number of nitrogens with one attached hydrogen (secondary N) is 1. The minimum atomic E-state index is -1.03. The monoisotopic (exact) mass is 235 g/mol. The third-order valence-electron chi connectivity index (χ3n) is 2.12. The van der Waals surface area contributed by atoms with Crippen molar-refractivity contribution in [3.05, 3.63) is 48.1 Å². The summed E-state index contributed by atoms with van der Waals surface area (Å²) in [7, 11) is 0. The van der Waals surface area contributed by atoms with Crippen LogP contribution in [0.5, 0.6) is 0 Å². The van der Waals surface area contributed by atoms with Crippen LogP contribution >= 0.6 is 0 Å². The second-order valence-electron chi connectivity index (χ2n) is 3.50. The van der Waals surface area contributed by atoms with Gasteiger partial charge in [0.05, 0.1) is 6.54 Å². The second kappa shape index (κ2) is 6.44. The first-order valence-corrected chi connectivity index (χ1v) is 5.17. The summed E-state index contributed by atoms with van der Waals surface area (Å²) in [5.41, 5.74) is 3.89. The fourth-order valence-corrected chi connectivity index (χ4v) is 1.12. The molecule has 1 aliphatic rings. The van der Waals surface area contributed by atoms with Gasteiger partial charge >= 0.3 is 5.97 Å². The number of carbonyl (C=O) groups is 2. The number of carbonyl (C=O) groups excluding carboxylic acids is 1. The Bertz CT molecular complexity index is 419. The van der Waals surface area contributed by atoms with Gasteiger partial charge in [-0.25, -0.2) is 4.79 Å². The topological polar surface area (TPSA) is 94.0 Å². The third-order valence-corrected chi connectivity index (χ3v) is 2.12. The fourth-order valence-electron chi connectivity index (χ4n) is 1.12. The highest BCUT2D eigenvalue weighted by atomic mass is 16.4. The third kappa shape index (κ3) is 4.48. The van der Waals surface area contributed by atoms with Gasteiger partial charge in [-0.3, -0.25) is 4.79 Å². The van der Waals surface area contributed by atoms with E-state index in [1.807, 2.05) is 6.08 Å². The van der Waals surface area contributed by atoms with E-state index in [0.29, 0.717) is 5.57 Å². The van der Waals surface area contributed by atoms with E-state index in [-0.39, 0.29) is 12.5 Å². The zero-order valence-corrected chi connectivity index (χ0v) is 9.30. The summed E-state index contributed by atoms with van der Waals surface area (Å²) in [6.45, 7) is 0.0128. The molecule has 0 aromatic rings. The Balaban J connectivity index is 2.55. The molecule has 5 nitrogen and oxygen atoms in total. The lowest BCUT2D eigenvalue weighted by Gasteiger charge is -2.06. The lowest BCUT2D eigenvalue weighted by Crippen LogP contribution is -2.69. The SMILES string of the molecule is [NH3+][C@@H](CNC(=O)C1=C/C=C\C=C/C=C\1)C(=O)O. The van der Waals surface area contributed by atoms with Crippen molar-refractivity contribution in [2.24, 2.45) is 0 Å². The van der Waals surface area contributed by atoms with Crippen LogP contribution in [0, 0.1) is 0 Å². The Kier molecular flexibility index (Phi) is 4.90. The molecule has 0 heterocycles. The highest BCUT2D eigenvalue weighted by Crippen LogP contribution is 2.01. The van der Waals surface area contributed by atoms with Gasteiger partial charge < -0.3 is 16.2 Å². The quantitative estimate of drug-likeness (QED) is 0.607. The standard InChI is InChI=1S/C12H14N2O3/c13-10(12(16)17)8-14-11(15)9-6-4-2-1-3-5-7-9/h1-7,10H,8,13H2,(H,14,15)(H,16,17)/p+1/b2-1-,3-1?,4-2?,5-3-,6-4-,7-5?,9-6?,9-7+/t10-/m0/s1. The fraction of sp³-hybridized carbons (Fsp3) is 0.167. The number of rotatable bonds is 4.